The van der Waals surface area contributed by atoms with E-state index in [1.165, 1.54) is 30.7 Å². The van der Waals surface area contributed by atoms with Crippen molar-refractivity contribution in [3.63, 3.8) is 0 Å². The van der Waals surface area contributed by atoms with E-state index < -0.39 is 0 Å². The van der Waals surface area contributed by atoms with Crippen LogP contribution >= 0.6 is 0 Å². The largest absolute Gasteiger partial charge is 0.252 e. The molecule has 0 aromatic carbocycles. The predicted molar refractivity (Wildman–Crippen MR) is 53.8 cm³/mol. The molecule has 0 bridgehead atoms. The van der Waals surface area contributed by atoms with Gasteiger partial charge in [-0.15, -0.1) is 5.10 Å². The number of aryl methyl sites for hydroxylation is 2. The molecule has 76 valence electrons. The topological polar surface area (TPSA) is 30.7 Å². The van der Waals surface area contributed by atoms with Gasteiger partial charge in [0.25, 0.3) is 0 Å². The van der Waals surface area contributed by atoms with Crippen LogP contribution in [0.25, 0.3) is 0 Å². The first kappa shape index (κ1) is 8.45. The van der Waals surface area contributed by atoms with Crippen molar-refractivity contribution in [1.29, 1.82) is 0 Å². The Morgan fingerprint density at radius 3 is 2.71 bits per heavy atom. The Morgan fingerprint density at radius 1 is 1.21 bits per heavy atom. The van der Waals surface area contributed by atoms with E-state index >= 15 is 0 Å². The number of hydrogen-bond donors (Lipinski definition) is 0. The maximum atomic E-state index is 4.25. The van der Waals surface area contributed by atoms with Crippen molar-refractivity contribution in [3.8, 4) is 0 Å². The minimum absolute atomic E-state index is 0.970. The molecule has 0 spiro atoms. The van der Waals surface area contributed by atoms with E-state index in [2.05, 4.69) is 17.2 Å². The first-order chi connectivity index (χ1) is 6.77. The summed E-state index contributed by atoms with van der Waals surface area (Å²) in [5.41, 5.74) is 2.63. The van der Waals surface area contributed by atoms with Crippen LogP contribution < -0.4 is 0 Å². The molecule has 2 aliphatic rings. The molecular weight excluding hydrogens is 174 g/mol. The number of hydrogen-bond acceptors (Lipinski definition) is 2. The van der Waals surface area contributed by atoms with Gasteiger partial charge in [0, 0.05) is 7.05 Å². The molecule has 1 fully saturated rings. The van der Waals surface area contributed by atoms with Gasteiger partial charge >= 0.3 is 0 Å². The predicted octanol–water partition coefficient (Wildman–Crippen LogP) is 1.58. The fraction of sp³-hybridized carbons (Fsp3) is 0.818. The SMILES string of the molecule is C[C@H]1[C@H]2CCc3c(nnn3C)CC[C@@H]12. The van der Waals surface area contributed by atoms with Crippen molar-refractivity contribution in [2.24, 2.45) is 24.8 Å². The van der Waals surface area contributed by atoms with Gasteiger partial charge in [0.15, 0.2) is 0 Å². The van der Waals surface area contributed by atoms with Gasteiger partial charge in [-0.25, -0.2) is 0 Å². The van der Waals surface area contributed by atoms with Gasteiger partial charge in [0.1, 0.15) is 0 Å². The van der Waals surface area contributed by atoms with Gasteiger partial charge in [-0.3, -0.25) is 4.68 Å². The minimum atomic E-state index is 0.970. The Hall–Kier alpha value is -0.860. The maximum Gasteiger partial charge on any atom is 0.0859 e. The molecule has 1 aromatic rings. The maximum absolute atomic E-state index is 4.25. The highest BCUT2D eigenvalue weighted by Crippen LogP contribution is 2.52. The second-order valence-electron chi connectivity index (χ2n) is 4.87. The molecular formula is C11H17N3. The zero-order valence-electron chi connectivity index (χ0n) is 8.90. The highest BCUT2D eigenvalue weighted by molar-refractivity contribution is 5.14. The van der Waals surface area contributed by atoms with Crippen LogP contribution in [0.15, 0.2) is 0 Å². The summed E-state index contributed by atoms with van der Waals surface area (Å²) in [6.07, 6.45) is 5.01. The average molecular weight is 191 g/mol. The standard InChI is InChI=1S/C11H17N3/c1-7-8-3-5-10-11(6-4-9(7)8)14(2)13-12-10/h7-9H,3-6H2,1-2H3/t7-,8+,9-/m1/s1. The lowest BCUT2D eigenvalue weighted by atomic mass is 10.0. The molecule has 0 unspecified atom stereocenters. The van der Waals surface area contributed by atoms with E-state index in [0.29, 0.717) is 0 Å². The summed E-state index contributed by atoms with van der Waals surface area (Å²) < 4.78 is 1.96. The molecule has 0 aliphatic heterocycles. The third-order valence-corrected chi connectivity index (χ3v) is 4.21. The highest BCUT2D eigenvalue weighted by Gasteiger charge is 2.46. The van der Waals surface area contributed by atoms with Gasteiger partial charge in [0.05, 0.1) is 11.4 Å². The highest BCUT2D eigenvalue weighted by atomic mass is 15.4. The summed E-state index contributed by atoms with van der Waals surface area (Å²) in [7, 11) is 2.02. The van der Waals surface area contributed by atoms with Gasteiger partial charge in [-0.1, -0.05) is 12.1 Å². The van der Waals surface area contributed by atoms with Gasteiger partial charge in [-0.2, -0.15) is 0 Å². The van der Waals surface area contributed by atoms with Gasteiger partial charge < -0.3 is 0 Å². The molecule has 0 N–H and O–H groups in total. The first-order valence-electron chi connectivity index (χ1n) is 5.65. The molecule has 0 saturated heterocycles. The van der Waals surface area contributed by atoms with Gasteiger partial charge in [-0.05, 0) is 43.4 Å². The molecule has 1 saturated carbocycles. The molecule has 3 nitrogen and oxygen atoms in total. The molecule has 14 heavy (non-hydrogen) atoms. The van der Waals surface area contributed by atoms with Crippen molar-refractivity contribution in [2.45, 2.75) is 32.6 Å². The number of nitrogens with zero attached hydrogens (tertiary/aromatic N) is 3. The summed E-state index contributed by atoms with van der Waals surface area (Å²) in [6.45, 7) is 2.40. The lowest BCUT2D eigenvalue weighted by Gasteiger charge is -2.07. The molecule has 1 heterocycles. The number of fused-ring (bicyclic) bond motifs is 2. The molecule has 2 aliphatic carbocycles. The number of aromatic nitrogens is 3. The monoisotopic (exact) mass is 191 g/mol. The summed E-state index contributed by atoms with van der Waals surface area (Å²) in [4.78, 5) is 0. The van der Waals surface area contributed by atoms with E-state index in [9.17, 15) is 0 Å². The lowest BCUT2D eigenvalue weighted by molar-refractivity contribution is 0.566. The summed E-state index contributed by atoms with van der Waals surface area (Å²) in [6, 6.07) is 0. The van der Waals surface area contributed by atoms with Crippen LogP contribution in [0.3, 0.4) is 0 Å². The quantitative estimate of drug-likeness (QED) is 0.623. The third-order valence-electron chi connectivity index (χ3n) is 4.21. The van der Waals surface area contributed by atoms with Crippen LogP contribution in [0, 0.1) is 17.8 Å². The lowest BCUT2D eigenvalue weighted by Crippen LogP contribution is -2.04. The molecule has 3 rings (SSSR count). The van der Waals surface area contributed by atoms with Crippen molar-refractivity contribution in [3.05, 3.63) is 11.4 Å². The van der Waals surface area contributed by atoms with Crippen molar-refractivity contribution in [2.75, 3.05) is 0 Å². The van der Waals surface area contributed by atoms with Crippen LogP contribution in [0.5, 0.6) is 0 Å². The molecule has 0 radical (unpaired) electrons. The third kappa shape index (κ3) is 1.11. The van der Waals surface area contributed by atoms with Crippen molar-refractivity contribution < 1.29 is 0 Å². The Bertz CT molecular complexity index is 355. The van der Waals surface area contributed by atoms with E-state index in [1.807, 2.05) is 11.7 Å². The second kappa shape index (κ2) is 2.81. The van der Waals surface area contributed by atoms with Crippen LogP contribution in [-0.4, -0.2) is 15.0 Å². The van der Waals surface area contributed by atoms with Crippen LogP contribution in [0.4, 0.5) is 0 Å². The second-order valence-corrected chi connectivity index (χ2v) is 4.87. The zero-order valence-corrected chi connectivity index (χ0v) is 8.90. The fourth-order valence-corrected chi connectivity index (χ4v) is 3.12. The zero-order chi connectivity index (χ0) is 9.71. The van der Waals surface area contributed by atoms with Gasteiger partial charge in [0.2, 0.25) is 0 Å². The van der Waals surface area contributed by atoms with Crippen molar-refractivity contribution >= 4 is 0 Å². The van der Waals surface area contributed by atoms with E-state index in [4.69, 9.17) is 0 Å². The first-order valence-corrected chi connectivity index (χ1v) is 5.65. The smallest absolute Gasteiger partial charge is 0.0859 e. The summed E-state index contributed by atoms with van der Waals surface area (Å²) >= 11 is 0. The Balaban J connectivity index is 1.87. The van der Waals surface area contributed by atoms with Crippen LogP contribution in [0.2, 0.25) is 0 Å². The molecule has 0 amide bonds. The number of rotatable bonds is 0. The Kier molecular flexibility index (Phi) is 1.70. The average Bonchev–Trinajstić information content (AvgIpc) is 2.58. The minimum Gasteiger partial charge on any atom is -0.252 e. The van der Waals surface area contributed by atoms with Crippen LogP contribution in [-0.2, 0) is 19.9 Å². The molecule has 3 heteroatoms. The van der Waals surface area contributed by atoms with Crippen LogP contribution in [0.1, 0.15) is 31.2 Å². The normalized spacial score (nSPS) is 35.4. The molecule has 1 aromatic heterocycles. The van der Waals surface area contributed by atoms with E-state index in [-0.39, 0.29) is 0 Å². The van der Waals surface area contributed by atoms with E-state index in [1.54, 1.807) is 0 Å². The Labute approximate surface area is 84.5 Å². The summed E-state index contributed by atoms with van der Waals surface area (Å²) in [5, 5.41) is 8.36. The Morgan fingerprint density at radius 2 is 1.93 bits per heavy atom. The fourth-order valence-electron chi connectivity index (χ4n) is 3.12. The van der Waals surface area contributed by atoms with Crippen molar-refractivity contribution in [1.82, 2.24) is 15.0 Å². The van der Waals surface area contributed by atoms with E-state index in [0.717, 1.165) is 24.2 Å². The molecule has 3 atom stereocenters. The summed E-state index contributed by atoms with van der Waals surface area (Å²) in [5.74, 6) is 2.96.